The fourth-order valence-electron chi connectivity index (χ4n) is 1.49. The molecule has 0 aliphatic carbocycles. The van der Waals surface area contributed by atoms with E-state index in [-0.39, 0.29) is 11.5 Å². The van der Waals surface area contributed by atoms with Gasteiger partial charge in [-0.3, -0.25) is 0 Å². The third-order valence-electron chi connectivity index (χ3n) is 2.32. The summed E-state index contributed by atoms with van der Waals surface area (Å²) in [5.74, 6) is -0.284. The zero-order valence-corrected chi connectivity index (χ0v) is 9.48. The van der Waals surface area contributed by atoms with Gasteiger partial charge in [-0.1, -0.05) is 13.0 Å². The van der Waals surface area contributed by atoms with Crippen molar-refractivity contribution in [3.63, 3.8) is 0 Å². The summed E-state index contributed by atoms with van der Waals surface area (Å²) in [6, 6.07) is 4.59. The lowest BCUT2D eigenvalue weighted by Crippen LogP contribution is -2.28. The number of aliphatic hydroxyl groups excluding tert-OH is 1. The topological polar surface area (TPSA) is 72.7 Å². The third-order valence-corrected chi connectivity index (χ3v) is 2.32. The SMILES string of the molecule is CCCNCC(O)Cc1ccc(O)c(O)c1. The van der Waals surface area contributed by atoms with Crippen molar-refractivity contribution in [2.24, 2.45) is 0 Å². The van der Waals surface area contributed by atoms with Gasteiger partial charge in [-0.05, 0) is 37.1 Å². The zero-order valence-electron chi connectivity index (χ0n) is 9.48. The van der Waals surface area contributed by atoms with Crippen LogP contribution in [0.15, 0.2) is 18.2 Å². The molecule has 0 aliphatic heterocycles. The number of hydrogen-bond donors (Lipinski definition) is 4. The summed E-state index contributed by atoms with van der Waals surface area (Å²) < 4.78 is 0. The van der Waals surface area contributed by atoms with Gasteiger partial charge in [0.25, 0.3) is 0 Å². The van der Waals surface area contributed by atoms with Crippen LogP contribution in [0.3, 0.4) is 0 Å². The van der Waals surface area contributed by atoms with E-state index in [9.17, 15) is 10.2 Å². The Morgan fingerprint density at radius 1 is 1.25 bits per heavy atom. The summed E-state index contributed by atoms with van der Waals surface area (Å²) in [6.07, 6.45) is 1.02. The van der Waals surface area contributed by atoms with Gasteiger partial charge in [0.1, 0.15) is 0 Å². The first-order valence-corrected chi connectivity index (χ1v) is 5.53. The Labute approximate surface area is 95.6 Å². The molecule has 0 spiro atoms. The van der Waals surface area contributed by atoms with Crippen molar-refractivity contribution < 1.29 is 15.3 Å². The predicted octanol–water partition coefficient (Wildman–Crippen LogP) is 1.00. The molecular weight excluding hydrogens is 206 g/mol. The first kappa shape index (κ1) is 12.8. The average molecular weight is 225 g/mol. The van der Waals surface area contributed by atoms with E-state index in [2.05, 4.69) is 12.2 Å². The molecule has 4 heteroatoms. The minimum absolute atomic E-state index is 0.137. The van der Waals surface area contributed by atoms with Crippen molar-refractivity contribution in [2.75, 3.05) is 13.1 Å². The molecule has 0 fully saturated rings. The number of rotatable bonds is 6. The molecule has 0 aromatic heterocycles. The second-order valence-electron chi connectivity index (χ2n) is 3.89. The Morgan fingerprint density at radius 2 is 2.00 bits per heavy atom. The quantitative estimate of drug-likeness (QED) is 0.430. The van der Waals surface area contributed by atoms with Gasteiger partial charge in [0.2, 0.25) is 0 Å². The summed E-state index contributed by atoms with van der Waals surface area (Å²) in [5, 5.41) is 31.2. The number of benzene rings is 1. The maximum Gasteiger partial charge on any atom is 0.157 e. The standard InChI is InChI=1S/C12H19NO3/c1-2-5-13-8-10(14)6-9-3-4-11(15)12(16)7-9/h3-4,7,10,13-16H,2,5-6,8H2,1H3. The largest absolute Gasteiger partial charge is 0.504 e. The monoisotopic (exact) mass is 225 g/mol. The lowest BCUT2D eigenvalue weighted by molar-refractivity contribution is 0.172. The smallest absolute Gasteiger partial charge is 0.157 e. The van der Waals surface area contributed by atoms with Crippen LogP contribution in [-0.4, -0.2) is 34.5 Å². The van der Waals surface area contributed by atoms with Crippen LogP contribution in [0.1, 0.15) is 18.9 Å². The minimum Gasteiger partial charge on any atom is -0.504 e. The van der Waals surface area contributed by atoms with E-state index >= 15 is 0 Å². The van der Waals surface area contributed by atoms with Gasteiger partial charge >= 0.3 is 0 Å². The molecule has 1 rings (SSSR count). The summed E-state index contributed by atoms with van der Waals surface area (Å²) in [6.45, 7) is 3.49. The van der Waals surface area contributed by atoms with E-state index < -0.39 is 6.10 Å². The molecule has 0 aliphatic rings. The first-order valence-electron chi connectivity index (χ1n) is 5.53. The van der Waals surface area contributed by atoms with Gasteiger partial charge in [0.05, 0.1) is 6.10 Å². The summed E-state index contributed by atoms with van der Waals surface area (Å²) in [7, 11) is 0. The molecule has 0 radical (unpaired) electrons. The first-order chi connectivity index (χ1) is 7.63. The van der Waals surface area contributed by atoms with Crippen molar-refractivity contribution in [2.45, 2.75) is 25.9 Å². The van der Waals surface area contributed by atoms with Gasteiger partial charge in [0.15, 0.2) is 11.5 Å². The van der Waals surface area contributed by atoms with Crippen molar-refractivity contribution in [1.82, 2.24) is 5.32 Å². The van der Waals surface area contributed by atoms with E-state index in [0.717, 1.165) is 18.5 Å². The molecule has 1 unspecified atom stereocenters. The lowest BCUT2D eigenvalue weighted by atomic mass is 10.1. The van der Waals surface area contributed by atoms with Crippen LogP contribution in [0.25, 0.3) is 0 Å². The molecule has 0 bridgehead atoms. The Hall–Kier alpha value is -1.26. The van der Waals surface area contributed by atoms with Gasteiger partial charge in [-0.2, -0.15) is 0 Å². The van der Waals surface area contributed by atoms with E-state index in [0.29, 0.717) is 13.0 Å². The Morgan fingerprint density at radius 3 is 2.62 bits per heavy atom. The normalized spacial score (nSPS) is 12.6. The highest BCUT2D eigenvalue weighted by Gasteiger charge is 2.07. The Kier molecular flexibility index (Phi) is 5.08. The third kappa shape index (κ3) is 4.08. The molecule has 0 amide bonds. The van der Waals surface area contributed by atoms with Crippen molar-refractivity contribution >= 4 is 0 Å². The summed E-state index contributed by atoms with van der Waals surface area (Å²) >= 11 is 0. The molecule has 1 atom stereocenters. The molecule has 0 saturated carbocycles. The summed E-state index contributed by atoms with van der Waals surface area (Å²) in [4.78, 5) is 0. The molecule has 16 heavy (non-hydrogen) atoms. The summed E-state index contributed by atoms with van der Waals surface area (Å²) in [5.41, 5.74) is 0.807. The van der Waals surface area contributed by atoms with Gasteiger partial charge < -0.3 is 20.6 Å². The lowest BCUT2D eigenvalue weighted by Gasteiger charge is -2.11. The second-order valence-corrected chi connectivity index (χ2v) is 3.89. The fourth-order valence-corrected chi connectivity index (χ4v) is 1.49. The van der Waals surface area contributed by atoms with Crippen molar-refractivity contribution in [3.05, 3.63) is 23.8 Å². The number of aliphatic hydroxyl groups is 1. The molecule has 0 heterocycles. The van der Waals surface area contributed by atoms with Gasteiger partial charge in [-0.25, -0.2) is 0 Å². The molecule has 4 N–H and O–H groups in total. The number of hydrogen-bond acceptors (Lipinski definition) is 4. The van der Waals surface area contributed by atoms with E-state index in [4.69, 9.17) is 5.11 Å². The molecule has 4 nitrogen and oxygen atoms in total. The zero-order chi connectivity index (χ0) is 12.0. The number of phenols is 2. The maximum atomic E-state index is 9.68. The van der Waals surface area contributed by atoms with Crippen LogP contribution in [0.2, 0.25) is 0 Å². The fraction of sp³-hybridized carbons (Fsp3) is 0.500. The van der Waals surface area contributed by atoms with Crippen LogP contribution < -0.4 is 5.32 Å². The Balaban J connectivity index is 2.43. The minimum atomic E-state index is -0.476. The van der Waals surface area contributed by atoms with Crippen LogP contribution >= 0.6 is 0 Å². The highest BCUT2D eigenvalue weighted by Crippen LogP contribution is 2.25. The van der Waals surface area contributed by atoms with Crippen molar-refractivity contribution in [3.8, 4) is 11.5 Å². The number of nitrogens with one attached hydrogen (secondary N) is 1. The molecule has 90 valence electrons. The Bertz CT molecular complexity index is 328. The number of phenolic OH excluding ortho intramolecular Hbond substituents is 2. The van der Waals surface area contributed by atoms with Crippen LogP contribution in [0.4, 0.5) is 0 Å². The highest BCUT2D eigenvalue weighted by molar-refractivity contribution is 5.40. The molecule has 1 aromatic rings. The molecule has 0 saturated heterocycles. The maximum absolute atomic E-state index is 9.68. The van der Waals surface area contributed by atoms with E-state index in [1.165, 1.54) is 12.1 Å². The van der Waals surface area contributed by atoms with Crippen LogP contribution in [-0.2, 0) is 6.42 Å². The van der Waals surface area contributed by atoms with Crippen LogP contribution in [0.5, 0.6) is 11.5 Å². The van der Waals surface area contributed by atoms with Gasteiger partial charge in [-0.15, -0.1) is 0 Å². The number of aromatic hydroxyl groups is 2. The highest BCUT2D eigenvalue weighted by atomic mass is 16.3. The molecular formula is C12H19NO3. The molecule has 1 aromatic carbocycles. The predicted molar refractivity (Wildman–Crippen MR) is 62.6 cm³/mol. The van der Waals surface area contributed by atoms with Crippen molar-refractivity contribution in [1.29, 1.82) is 0 Å². The van der Waals surface area contributed by atoms with Crippen LogP contribution in [0, 0.1) is 0 Å². The van der Waals surface area contributed by atoms with Gasteiger partial charge in [0, 0.05) is 6.54 Å². The average Bonchev–Trinajstić information content (AvgIpc) is 2.24. The van der Waals surface area contributed by atoms with E-state index in [1.54, 1.807) is 6.07 Å². The second kappa shape index (κ2) is 6.35. The van der Waals surface area contributed by atoms with E-state index in [1.807, 2.05) is 0 Å².